The molecular weight excluding hydrogens is 271 g/mol. The van der Waals surface area contributed by atoms with E-state index in [1.807, 2.05) is 0 Å². The van der Waals surface area contributed by atoms with Crippen LogP contribution in [0.2, 0.25) is 0 Å². The first-order valence-corrected chi connectivity index (χ1v) is 6.59. The number of esters is 1. The maximum atomic E-state index is 12.7. The molecule has 0 N–H and O–H groups in total. The van der Waals surface area contributed by atoms with Crippen molar-refractivity contribution in [1.29, 1.82) is 0 Å². The third kappa shape index (κ3) is 3.95. The SMILES string of the molecule is O=C(OCc1cccnc1)C1CCCC(C(F)(F)F)C1. The number of alkyl halides is 3. The quantitative estimate of drug-likeness (QED) is 0.799. The third-order valence-electron chi connectivity index (χ3n) is 3.57. The molecule has 6 heteroatoms. The minimum absolute atomic E-state index is 0.0554. The number of halogens is 3. The largest absolute Gasteiger partial charge is 0.461 e. The van der Waals surface area contributed by atoms with Crippen LogP contribution in [0.3, 0.4) is 0 Å². The first-order valence-electron chi connectivity index (χ1n) is 6.59. The van der Waals surface area contributed by atoms with Crippen LogP contribution in [0.1, 0.15) is 31.2 Å². The zero-order chi connectivity index (χ0) is 14.6. The number of rotatable bonds is 3. The van der Waals surface area contributed by atoms with Crippen LogP contribution in [0.4, 0.5) is 13.2 Å². The highest BCUT2D eigenvalue weighted by atomic mass is 19.4. The van der Waals surface area contributed by atoms with Gasteiger partial charge in [-0.15, -0.1) is 0 Å². The van der Waals surface area contributed by atoms with Crippen LogP contribution in [0, 0.1) is 11.8 Å². The van der Waals surface area contributed by atoms with Crippen LogP contribution in [0.25, 0.3) is 0 Å². The molecule has 0 aliphatic heterocycles. The summed E-state index contributed by atoms with van der Waals surface area (Å²) in [5, 5.41) is 0. The van der Waals surface area contributed by atoms with Crippen molar-refractivity contribution in [2.75, 3.05) is 0 Å². The number of carbonyl (C=O) groups excluding carboxylic acids is 1. The second-order valence-electron chi connectivity index (χ2n) is 5.07. The molecule has 1 aromatic rings. The Bertz CT molecular complexity index is 447. The molecular formula is C14H16F3NO2. The van der Waals surface area contributed by atoms with Crippen molar-refractivity contribution in [2.45, 2.75) is 38.5 Å². The molecule has 0 spiro atoms. The summed E-state index contributed by atoms with van der Waals surface area (Å²) >= 11 is 0. The Labute approximate surface area is 115 Å². The van der Waals surface area contributed by atoms with E-state index in [1.54, 1.807) is 24.5 Å². The second-order valence-corrected chi connectivity index (χ2v) is 5.07. The molecule has 2 atom stereocenters. The Balaban J connectivity index is 1.86. The monoisotopic (exact) mass is 287 g/mol. The summed E-state index contributed by atoms with van der Waals surface area (Å²) in [6, 6.07) is 3.46. The van der Waals surface area contributed by atoms with E-state index in [2.05, 4.69) is 4.98 Å². The Morgan fingerprint density at radius 2 is 2.20 bits per heavy atom. The number of pyridine rings is 1. The average molecular weight is 287 g/mol. The second kappa shape index (κ2) is 6.24. The van der Waals surface area contributed by atoms with Crippen LogP contribution >= 0.6 is 0 Å². The molecule has 0 bridgehead atoms. The van der Waals surface area contributed by atoms with Gasteiger partial charge >= 0.3 is 12.1 Å². The highest BCUT2D eigenvalue weighted by molar-refractivity contribution is 5.72. The maximum absolute atomic E-state index is 12.7. The van der Waals surface area contributed by atoms with Crippen molar-refractivity contribution in [3.63, 3.8) is 0 Å². The summed E-state index contributed by atoms with van der Waals surface area (Å²) in [6.45, 7) is 0.0554. The molecule has 3 nitrogen and oxygen atoms in total. The van der Waals surface area contributed by atoms with Gasteiger partial charge in [0.05, 0.1) is 11.8 Å². The standard InChI is InChI=1S/C14H16F3NO2/c15-14(16,17)12-5-1-4-11(7-12)13(19)20-9-10-3-2-6-18-8-10/h2-3,6,8,11-12H,1,4-5,7,9H2. The highest BCUT2D eigenvalue weighted by Crippen LogP contribution is 2.40. The zero-order valence-electron chi connectivity index (χ0n) is 10.9. The molecule has 110 valence electrons. The minimum Gasteiger partial charge on any atom is -0.461 e. The van der Waals surface area contributed by atoms with E-state index in [-0.39, 0.29) is 19.4 Å². The van der Waals surface area contributed by atoms with Crippen LogP contribution in [0.5, 0.6) is 0 Å². The third-order valence-corrected chi connectivity index (χ3v) is 3.57. The van der Waals surface area contributed by atoms with E-state index in [1.165, 1.54) is 0 Å². The summed E-state index contributed by atoms with van der Waals surface area (Å²) < 4.78 is 43.1. The molecule has 1 heterocycles. The van der Waals surface area contributed by atoms with Gasteiger partial charge < -0.3 is 4.74 Å². The van der Waals surface area contributed by atoms with Crippen molar-refractivity contribution >= 4 is 5.97 Å². The number of hydrogen-bond acceptors (Lipinski definition) is 3. The molecule has 0 aromatic carbocycles. The van der Waals surface area contributed by atoms with Gasteiger partial charge in [-0.1, -0.05) is 12.5 Å². The topological polar surface area (TPSA) is 39.2 Å². The van der Waals surface area contributed by atoms with E-state index < -0.39 is 24.0 Å². The molecule has 0 amide bonds. The summed E-state index contributed by atoms with van der Waals surface area (Å²) in [6.07, 6.45) is -0.226. The van der Waals surface area contributed by atoms with Crippen LogP contribution in [0.15, 0.2) is 24.5 Å². The van der Waals surface area contributed by atoms with E-state index >= 15 is 0 Å². The summed E-state index contributed by atoms with van der Waals surface area (Å²) in [5.74, 6) is -2.57. The van der Waals surface area contributed by atoms with Gasteiger partial charge in [-0.05, 0) is 25.3 Å². The van der Waals surface area contributed by atoms with Gasteiger partial charge in [0.1, 0.15) is 6.61 Å². The predicted molar refractivity (Wildman–Crippen MR) is 65.5 cm³/mol. The average Bonchev–Trinajstić information content (AvgIpc) is 2.45. The summed E-state index contributed by atoms with van der Waals surface area (Å²) in [5.41, 5.74) is 0.726. The number of nitrogens with zero attached hydrogens (tertiary/aromatic N) is 1. The normalized spacial score (nSPS) is 23.4. The lowest BCUT2D eigenvalue weighted by molar-refractivity contribution is -0.189. The molecule has 2 rings (SSSR count). The Hall–Kier alpha value is -1.59. The van der Waals surface area contributed by atoms with Crippen molar-refractivity contribution in [3.05, 3.63) is 30.1 Å². The lowest BCUT2D eigenvalue weighted by Crippen LogP contribution is -2.32. The molecule has 1 aromatic heterocycles. The van der Waals surface area contributed by atoms with E-state index in [0.717, 1.165) is 5.56 Å². The fraction of sp³-hybridized carbons (Fsp3) is 0.571. The number of carbonyl (C=O) groups is 1. The van der Waals surface area contributed by atoms with Crippen molar-refractivity contribution in [1.82, 2.24) is 4.98 Å². The molecule has 1 aliphatic rings. The van der Waals surface area contributed by atoms with E-state index in [0.29, 0.717) is 12.8 Å². The summed E-state index contributed by atoms with van der Waals surface area (Å²) in [7, 11) is 0. The van der Waals surface area contributed by atoms with Gasteiger partial charge in [0, 0.05) is 18.0 Å². The maximum Gasteiger partial charge on any atom is 0.391 e. The van der Waals surface area contributed by atoms with Gasteiger partial charge in [0.2, 0.25) is 0 Å². The zero-order valence-corrected chi connectivity index (χ0v) is 10.9. The lowest BCUT2D eigenvalue weighted by Gasteiger charge is -2.29. The molecule has 1 saturated carbocycles. The molecule has 20 heavy (non-hydrogen) atoms. The van der Waals surface area contributed by atoms with Crippen molar-refractivity contribution in [2.24, 2.45) is 11.8 Å². The van der Waals surface area contributed by atoms with Gasteiger partial charge in [0.15, 0.2) is 0 Å². The van der Waals surface area contributed by atoms with Gasteiger partial charge in [-0.3, -0.25) is 9.78 Å². The smallest absolute Gasteiger partial charge is 0.391 e. The minimum atomic E-state index is -4.22. The Morgan fingerprint density at radius 1 is 1.40 bits per heavy atom. The molecule has 1 aliphatic carbocycles. The van der Waals surface area contributed by atoms with Crippen LogP contribution in [-0.4, -0.2) is 17.1 Å². The number of hydrogen-bond donors (Lipinski definition) is 0. The van der Waals surface area contributed by atoms with Gasteiger partial charge in [-0.25, -0.2) is 0 Å². The number of ether oxygens (including phenoxy) is 1. The van der Waals surface area contributed by atoms with Gasteiger partial charge in [-0.2, -0.15) is 13.2 Å². The summed E-state index contributed by atoms with van der Waals surface area (Å²) in [4.78, 5) is 15.7. The molecule has 0 radical (unpaired) electrons. The first kappa shape index (κ1) is 14.8. The van der Waals surface area contributed by atoms with E-state index in [9.17, 15) is 18.0 Å². The fourth-order valence-corrected chi connectivity index (χ4v) is 2.46. The van der Waals surface area contributed by atoms with Crippen molar-refractivity contribution < 1.29 is 22.7 Å². The fourth-order valence-electron chi connectivity index (χ4n) is 2.46. The van der Waals surface area contributed by atoms with Crippen LogP contribution in [-0.2, 0) is 16.1 Å². The van der Waals surface area contributed by atoms with Gasteiger partial charge in [0.25, 0.3) is 0 Å². The predicted octanol–water partition coefficient (Wildman–Crippen LogP) is 3.49. The van der Waals surface area contributed by atoms with Crippen LogP contribution < -0.4 is 0 Å². The Morgan fingerprint density at radius 3 is 2.85 bits per heavy atom. The number of aromatic nitrogens is 1. The first-order chi connectivity index (χ1) is 9.47. The van der Waals surface area contributed by atoms with Crippen molar-refractivity contribution in [3.8, 4) is 0 Å². The van der Waals surface area contributed by atoms with E-state index in [4.69, 9.17) is 4.74 Å². The highest BCUT2D eigenvalue weighted by Gasteiger charge is 2.43. The molecule has 0 saturated heterocycles. The lowest BCUT2D eigenvalue weighted by atomic mass is 9.81. The Kier molecular flexibility index (Phi) is 4.62. The molecule has 1 fully saturated rings. The molecule has 2 unspecified atom stereocenters.